The zero-order chi connectivity index (χ0) is 15.5. The fourth-order valence-electron chi connectivity index (χ4n) is 2.42. The molecular formula is C16H23N3O2. The van der Waals surface area contributed by atoms with Gasteiger partial charge >= 0.3 is 0 Å². The molecule has 2 amide bonds. The first-order valence-electron chi connectivity index (χ1n) is 7.33. The van der Waals surface area contributed by atoms with Gasteiger partial charge in [0.2, 0.25) is 5.91 Å². The summed E-state index contributed by atoms with van der Waals surface area (Å²) < 4.78 is 0. The number of nitrogens with one attached hydrogen (secondary N) is 1. The molecule has 5 heteroatoms. The molecule has 0 spiro atoms. The Morgan fingerprint density at radius 2 is 1.76 bits per heavy atom. The minimum atomic E-state index is -0.532. The second-order valence-corrected chi connectivity index (χ2v) is 6.29. The van der Waals surface area contributed by atoms with Crippen molar-refractivity contribution >= 4 is 17.5 Å². The maximum absolute atomic E-state index is 12.2. The van der Waals surface area contributed by atoms with Gasteiger partial charge in [-0.25, -0.2) is 0 Å². The van der Waals surface area contributed by atoms with Crippen LogP contribution in [0.5, 0.6) is 0 Å². The number of carbonyl (C=O) groups excluding carboxylic acids is 2. The highest BCUT2D eigenvalue weighted by Gasteiger charge is 2.19. The Bertz CT molecular complexity index is 511. The molecule has 0 aromatic heterocycles. The van der Waals surface area contributed by atoms with E-state index in [4.69, 9.17) is 5.73 Å². The summed E-state index contributed by atoms with van der Waals surface area (Å²) in [6, 6.07) is 7.02. The third-order valence-corrected chi connectivity index (χ3v) is 3.43. The lowest BCUT2D eigenvalue weighted by molar-refractivity contribution is -0.117. The van der Waals surface area contributed by atoms with Crippen molar-refractivity contribution in [3.05, 3.63) is 29.8 Å². The lowest BCUT2D eigenvalue weighted by atomic mass is 10.0. The fraction of sp³-hybridized carbons (Fsp3) is 0.500. The molecule has 1 aromatic carbocycles. The number of nitrogens with zero attached hydrogens (tertiary/aromatic N) is 1. The summed E-state index contributed by atoms with van der Waals surface area (Å²) in [4.78, 5) is 25.8. The molecule has 2 rings (SSSR count). The van der Waals surface area contributed by atoms with Crippen molar-refractivity contribution in [3.63, 3.8) is 0 Å². The number of rotatable bonds is 4. The molecule has 1 aliphatic rings. The molecule has 0 saturated carbocycles. The van der Waals surface area contributed by atoms with Gasteiger partial charge in [-0.05, 0) is 51.0 Å². The van der Waals surface area contributed by atoms with Crippen molar-refractivity contribution in [2.24, 2.45) is 5.73 Å². The van der Waals surface area contributed by atoms with Gasteiger partial charge < -0.3 is 16.0 Å². The second-order valence-electron chi connectivity index (χ2n) is 6.29. The van der Waals surface area contributed by atoms with Crippen LogP contribution in [0.25, 0.3) is 0 Å². The van der Waals surface area contributed by atoms with Crippen LogP contribution in [-0.2, 0) is 4.79 Å². The van der Waals surface area contributed by atoms with Crippen LogP contribution < -0.4 is 11.1 Å². The Kier molecular flexibility index (Phi) is 4.63. The Hall–Kier alpha value is -1.88. The number of benzene rings is 1. The molecule has 0 atom stereocenters. The summed E-state index contributed by atoms with van der Waals surface area (Å²) in [6.45, 7) is 5.29. The topological polar surface area (TPSA) is 75.4 Å². The van der Waals surface area contributed by atoms with Crippen LogP contribution in [0.15, 0.2) is 24.3 Å². The maximum atomic E-state index is 12.2. The number of hydrogen-bond donors (Lipinski definition) is 2. The zero-order valence-electron chi connectivity index (χ0n) is 12.7. The normalized spacial score (nSPS) is 15.1. The van der Waals surface area contributed by atoms with Gasteiger partial charge in [0.1, 0.15) is 0 Å². The van der Waals surface area contributed by atoms with E-state index >= 15 is 0 Å². The monoisotopic (exact) mass is 289 g/mol. The largest absolute Gasteiger partial charge is 0.339 e. The molecule has 5 nitrogen and oxygen atoms in total. The lowest BCUT2D eigenvalue weighted by Gasteiger charge is -2.18. The predicted molar refractivity (Wildman–Crippen MR) is 83.1 cm³/mol. The number of likely N-dealkylation sites (tertiary alicyclic amines) is 1. The van der Waals surface area contributed by atoms with E-state index < -0.39 is 5.54 Å². The molecule has 1 fully saturated rings. The summed E-state index contributed by atoms with van der Waals surface area (Å²) in [6.07, 6.45) is 2.41. The summed E-state index contributed by atoms with van der Waals surface area (Å²) in [5.41, 5.74) is 6.62. The standard InChI is InChI=1S/C16H23N3O2/c1-16(2,17)11-14(20)18-13-7-5-12(6-8-13)15(21)19-9-3-4-10-19/h5-8H,3-4,9-11,17H2,1-2H3,(H,18,20). The zero-order valence-corrected chi connectivity index (χ0v) is 12.7. The van der Waals surface area contributed by atoms with Crippen LogP contribution in [0.3, 0.4) is 0 Å². The van der Waals surface area contributed by atoms with Crippen LogP contribution in [0.4, 0.5) is 5.69 Å². The first-order valence-corrected chi connectivity index (χ1v) is 7.33. The van der Waals surface area contributed by atoms with E-state index in [2.05, 4.69) is 5.32 Å². The van der Waals surface area contributed by atoms with Crippen LogP contribution >= 0.6 is 0 Å². The molecule has 1 aromatic rings. The van der Waals surface area contributed by atoms with E-state index in [0.717, 1.165) is 25.9 Å². The van der Waals surface area contributed by atoms with Crippen molar-refractivity contribution < 1.29 is 9.59 Å². The molecule has 0 bridgehead atoms. The number of carbonyl (C=O) groups is 2. The van der Waals surface area contributed by atoms with Gasteiger partial charge in [-0.3, -0.25) is 9.59 Å². The molecule has 114 valence electrons. The van der Waals surface area contributed by atoms with E-state index in [9.17, 15) is 9.59 Å². The summed E-state index contributed by atoms with van der Waals surface area (Å²) in [7, 11) is 0. The van der Waals surface area contributed by atoms with Gasteiger partial charge in [-0.15, -0.1) is 0 Å². The lowest BCUT2D eigenvalue weighted by Crippen LogP contribution is -2.36. The summed E-state index contributed by atoms with van der Waals surface area (Å²) >= 11 is 0. The smallest absolute Gasteiger partial charge is 0.253 e. The molecule has 1 aliphatic heterocycles. The molecule has 0 aliphatic carbocycles. The maximum Gasteiger partial charge on any atom is 0.253 e. The number of nitrogens with two attached hydrogens (primary N) is 1. The molecule has 3 N–H and O–H groups in total. The fourth-order valence-corrected chi connectivity index (χ4v) is 2.42. The number of hydrogen-bond acceptors (Lipinski definition) is 3. The summed E-state index contributed by atoms with van der Waals surface area (Å²) in [5, 5.41) is 2.79. The average Bonchev–Trinajstić information content (AvgIpc) is 2.90. The molecular weight excluding hydrogens is 266 g/mol. The summed E-state index contributed by atoms with van der Waals surface area (Å²) in [5.74, 6) is -0.0606. The minimum absolute atomic E-state index is 0.0634. The van der Waals surface area contributed by atoms with Gasteiger partial charge in [0.25, 0.3) is 5.91 Å². The van der Waals surface area contributed by atoms with Crippen LogP contribution in [0.1, 0.15) is 43.5 Å². The molecule has 1 saturated heterocycles. The number of amides is 2. The highest BCUT2D eigenvalue weighted by molar-refractivity contribution is 5.96. The SMILES string of the molecule is CC(C)(N)CC(=O)Nc1ccc(C(=O)N2CCCC2)cc1. The molecule has 21 heavy (non-hydrogen) atoms. The quantitative estimate of drug-likeness (QED) is 0.890. The highest BCUT2D eigenvalue weighted by atomic mass is 16.2. The van der Waals surface area contributed by atoms with E-state index in [-0.39, 0.29) is 18.2 Å². The van der Waals surface area contributed by atoms with E-state index in [1.807, 2.05) is 18.7 Å². The Morgan fingerprint density at radius 3 is 2.29 bits per heavy atom. The van der Waals surface area contributed by atoms with Gasteiger partial charge in [0, 0.05) is 36.3 Å². The first kappa shape index (κ1) is 15.5. The van der Waals surface area contributed by atoms with Crippen molar-refractivity contribution in [1.82, 2.24) is 4.90 Å². The van der Waals surface area contributed by atoms with Crippen molar-refractivity contribution in [3.8, 4) is 0 Å². The molecule has 0 unspecified atom stereocenters. The Labute approximate surface area is 125 Å². The van der Waals surface area contributed by atoms with Crippen LogP contribution in [0, 0.1) is 0 Å². The average molecular weight is 289 g/mol. The van der Waals surface area contributed by atoms with Crippen LogP contribution in [0.2, 0.25) is 0 Å². The number of anilines is 1. The van der Waals surface area contributed by atoms with Crippen molar-refractivity contribution in [2.45, 2.75) is 38.6 Å². The van der Waals surface area contributed by atoms with Gasteiger partial charge in [-0.1, -0.05) is 0 Å². The van der Waals surface area contributed by atoms with Gasteiger partial charge in [-0.2, -0.15) is 0 Å². The van der Waals surface area contributed by atoms with E-state index in [1.54, 1.807) is 24.3 Å². The molecule has 1 heterocycles. The van der Waals surface area contributed by atoms with Gasteiger partial charge in [0.05, 0.1) is 0 Å². The second kappa shape index (κ2) is 6.26. The van der Waals surface area contributed by atoms with Crippen LogP contribution in [-0.4, -0.2) is 35.3 Å². The first-order chi connectivity index (χ1) is 9.85. The van der Waals surface area contributed by atoms with Crippen molar-refractivity contribution in [1.29, 1.82) is 0 Å². The van der Waals surface area contributed by atoms with Gasteiger partial charge in [0.15, 0.2) is 0 Å². The Balaban J connectivity index is 1.95. The Morgan fingerprint density at radius 1 is 1.19 bits per heavy atom. The highest BCUT2D eigenvalue weighted by Crippen LogP contribution is 2.16. The predicted octanol–water partition coefficient (Wildman–Crippen LogP) is 1.99. The van der Waals surface area contributed by atoms with Crippen molar-refractivity contribution in [2.75, 3.05) is 18.4 Å². The van der Waals surface area contributed by atoms with E-state index in [1.165, 1.54) is 0 Å². The third kappa shape index (κ3) is 4.56. The van der Waals surface area contributed by atoms with E-state index in [0.29, 0.717) is 11.3 Å². The third-order valence-electron chi connectivity index (χ3n) is 3.43. The minimum Gasteiger partial charge on any atom is -0.339 e. The molecule has 0 radical (unpaired) electrons.